The lowest BCUT2D eigenvalue weighted by Crippen LogP contribution is -2.38. The molecule has 0 aromatic heterocycles. The zero-order valence-corrected chi connectivity index (χ0v) is 52.6. The molecule has 2 heterocycles. The van der Waals surface area contributed by atoms with Gasteiger partial charge in [-0.2, -0.15) is 0 Å². The van der Waals surface area contributed by atoms with Crippen molar-refractivity contribution < 1.29 is 28.8 Å². The molecule has 0 radical (unpaired) electrons. The average Bonchev–Trinajstić information content (AvgIpc) is 4.24. The largest absolute Gasteiger partial charge is 0.356 e. The monoisotopic (exact) mass is 1140 g/mol. The number of hydrogen-bond donors (Lipinski definition) is 6. The second-order valence-corrected chi connectivity index (χ2v) is 25.5. The van der Waals surface area contributed by atoms with Gasteiger partial charge in [0.1, 0.15) is 0 Å². The third-order valence-corrected chi connectivity index (χ3v) is 19.8. The fourth-order valence-electron chi connectivity index (χ4n) is 15.3. The number of amides is 8. The minimum absolute atomic E-state index is 0.0288. The Morgan fingerprint density at radius 1 is 0.366 bits per heavy atom. The molecule has 0 saturated carbocycles. The van der Waals surface area contributed by atoms with Crippen molar-refractivity contribution in [1.29, 1.82) is 0 Å². The molecule has 5 rings (SSSR count). The molecular formula is C68H118N8O6. The lowest BCUT2D eigenvalue weighted by Gasteiger charge is -2.41. The van der Waals surface area contributed by atoms with Gasteiger partial charge in [-0.3, -0.25) is 19.2 Å². The first-order chi connectivity index (χ1) is 39.9. The summed E-state index contributed by atoms with van der Waals surface area (Å²) in [6.07, 6.45) is 42.7. The molecule has 2 aliphatic heterocycles. The Hall–Kier alpha value is -4.36. The van der Waals surface area contributed by atoms with E-state index in [1.54, 1.807) is 9.80 Å². The summed E-state index contributed by atoms with van der Waals surface area (Å²) < 4.78 is 0. The highest BCUT2D eigenvalue weighted by atomic mass is 16.2. The van der Waals surface area contributed by atoms with E-state index in [4.69, 9.17) is 0 Å². The highest BCUT2D eigenvalue weighted by Crippen LogP contribution is 2.46. The van der Waals surface area contributed by atoms with Crippen LogP contribution in [0.5, 0.6) is 0 Å². The maximum absolute atomic E-state index is 14.0. The van der Waals surface area contributed by atoms with Crippen LogP contribution in [0.15, 0.2) is 36.5 Å². The van der Waals surface area contributed by atoms with E-state index in [2.05, 4.69) is 110 Å². The Morgan fingerprint density at radius 2 is 0.659 bits per heavy atom. The fraction of sp³-hybridized carbons (Fsp3) is 0.824. The van der Waals surface area contributed by atoms with Crippen molar-refractivity contribution >= 4 is 35.7 Å². The first-order valence-electron chi connectivity index (χ1n) is 34.1. The Morgan fingerprint density at radius 3 is 0.988 bits per heavy atom. The molecule has 6 N–H and O–H groups in total. The maximum atomic E-state index is 14.0. The zero-order chi connectivity index (χ0) is 58.9. The van der Waals surface area contributed by atoms with Gasteiger partial charge in [-0.1, -0.05) is 155 Å². The number of rotatable bonds is 42. The van der Waals surface area contributed by atoms with Crippen molar-refractivity contribution in [2.45, 2.75) is 221 Å². The molecular weight excluding hydrogens is 1020 g/mol. The first kappa shape index (κ1) is 68.4. The Balaban J connectivity index is 1.18. The van der Waals surface area contributed by atoms with E-state index in [1.807, 2.05) is 0 Å². The van der Waals surface area contributed by atoms with Crippen LogP contribution in [0.1, 0.15) is 221 Å². The minimum Gasteiger partial charge on any atom is -0.356 e. The number of nitrogens with zero attached hydrogens (tertiary/aromatic N) is 2. The summed E-state index contributed by atoms with van der Waals surface area (Å²) in [5, 5.41) is 18.6. The molecule has 0 aromatic rings. The number of nitrogens with one attached hydrogen (secondary N) is 6. The van der Waals surface area contributed by atoms with E-state index in [1.165, 1.54) is 70.6 Å². The van der Waals surface area contributed by atoms with Crippen molar-refractivity contribution in [3.8, 4) is 0 Å². The van der Waals surface area contributed by atoms with E-state index in [0.717, 1.165) is 83.5 Å². The Kier molecular flexibility index (Phi) is 32.8. The molecule has 82 heavy (non-hydrogen) atoms. The molecule has 12 atom stereocenters. The maximum Gasteiger partial charge on any atom is 0.317 e. The van der Waals surface area contributed by atoms with Crippen molar-refractivity contribution in [2.24, 2.45) is 71.0 Å². The van der Waals surface area contributed by atoms with Crippen molar-refractivity contribution in [3.63, 3.8) is 0 Å². The highest BCUT2D eigenvalue weighted by Gasteiger charge is 2.39. The van der Waals surface area contributed by atoms with Crippen LogP contribution in [-0.4, -0.2) is 111 Å². The fourth-order valence-corrected chi connectivity index (χ4v) is 15.3. The highest BCUT2D eigenvalue weighted by molar-refractivity contribution is 5.78. The minimum atomic E-state index is -0.0641. The molecule has 466 valence electrons. The normalized spacial score (nSPS) is 26.9. The van der Waals surface area contributed by atoms with Gasteiger partial charge < -0.3 is 41.7 Å². The second-order valence-electron chi connectivity index (χ2n) is 25.5. The van der Waals surface area contributed by atoms with Gasteiger partial charge in [-0.15, -0.1) is 0 Å². The van der Waals surface area contributed by atoms with E-state index in [-0.39, 0.29) is 47.5 Å². The SMILES string of the molecule is CCCCCC1C(CCC)C=CC(CCNC(=O)CCC2C(CCC(=O)NCCN3CCNC3=O)C=CC(CCC)C2CCCCC)C1CCNC(=O)CCC1C=CC(CCC)C(CCCCC)C1CCC(=O)NCCN1CCNC1=O. The van der Waals surface area contributed by atoms with Gasteiger partial charge in [0.15, 0.2) is 0 Å². The van der Waals surface area contributed by atoms with E-state index in [9.17, 15) is 28.8 Å². The van der Waals surface area contributed by atoms with Crippen molar-refractivity contribution in [3.05, 3.63) is 36.5 Å². The van der Waals surface area contributed by atoms with Gasteiger partial charge in [0.25, 0.3) is 0 Å². The number of allylic oxidation sites excluding steroid dienone is 6. The van der Waals surface area contributed by atoms with Crippen LogP contribution < -0.4 is 31.9 Å². The first-order valence-corrected chi connectivity index (χ1v) is 34.1. The molecule has 0 aromatic carbocycles. The third-order valence-electron chi connectivity index (χ3n) is 19.8. The number of unbranched alkanes of at least 4 members (excludes halogenated alkanes) is 6. The second kappa shape index (κ2) is 39.3. The smallest absolute Gasteiger partial charge is 0.317 e. The zero-order valence-electron chi connectivity index (χ0n) is 52.6. The summed E-state index contributed by atoms with van der Waals surface area (Å²) in [4.78, 5) is 81.9. The van der Waals surface area contributed by atoms with Crippen LogP contribution in [0.3, 0.4) is 0 Å². The van der Waals surface area contributed by atoms with Crippen LogP contribution in [-0.2, 0) is 19.2 Å². The van der Waals surface area contributed by atoms with E-state index < -0.39 is 0 Å². The predicted octanol–water partition coefficient (Wildman–Crippen LogP) is 12.6. The molecule has 0 bridgehead atoms. The molecule has 2 fully saturated rings. The summed E-state index contributed by atoms with van der Waals surface area (Å²) in [6, 6.07) is -0.125. The molecule has 12 unspecified atom stereocenters. The Bertz CT molecular complexity index is 1980. The molecule has 0 spiro atoms. The molecule has 5 aliphatic rings. The molecule has 2 saturated heterocycles. The number of urea groups is 2. The van der Waals surface area contributed by atoms with Crippen molar-refractivity contribution in [2.75, 3.05) is 65.4 Å². The van der Waals surface area contributed by atoms with Crippen LogP contribution in [0.4, 0.5) is 9.59 Å². The van der Waals surface area contributed by atoms with E-state index in [0.29, 0.717) is 150 Å². The summed E-state index contributed by atoms with van der Waals surface area (Å²) in [7, 11) is 0. The van der Waals surface area contributed by atoms with Crippen molar-refractivity contribution in [1.82, 2.24) is 41.7 Å². The number of hydrogen-bond acceptors (Lipinski definition) is 6. The third kappa shape index (κ3) is 23.2. The topological polar surface area (TPSA) is 181 Å². The summed E-state index contributed by atoms with van der Waals surface area (Å²) in [5.41, 5.74) is 0. The van der Waals surface area contributed by atoms with Crippen LogP contribution in [0.2, 0.25) is 0 Å². The van der Waals surface area contributed by atoms with Crippen LogP contribution in [0.25, 0.3) is 0 Å². The number of carbonyl (C=O) groups is 6. The average molecular weight is 1140 g/mol. The van der Waals surface area contributed by atoms with Crippen LogP contribution >= 0.6 is 0 Å². The predicted molar refractivity (Wildman–Crippen MR) is 335 cm³/mol. The van der Waals surface area contributed by atoms with Gasteiger partial charge in [-0.05, 0) is 148 Å². The standard InChI is InChI=1S/C68H118N8O6/c1-7-13-16-22-57-51(19-10-4)26-29-55(32-36-64(78)71-43-47-75-49-45-73-67(75)81)60(57)33-37-65(79)69-41-39-56-30-27-53(21-12-6)59(24-18-15-9-3)62(56)40-42-70-63(77)35-31-54-28-25-52(20-11-5)58(23-17-14-8-2)61(54)34-38-66(80)72-44-48-76-50-46-74-68(76)82/h25-30,51-62H,7-24,31-50H2,1-6H3,(H,69,79)(H,70,77)(H,71,78)(H,72,80)(H,73,81)(H,74,82). The molecule has 14 nitrogen and oxygen atoms in total. The summed E-state index contributed by atoms with van der Waals surface area (Å²) in [6.45, 7) is 19.5. The van der Waals surface area contributed by atoms with E-state index >= 15 is 0 Å². The van der Waals surface area contributed by atoms with Crippen LogP contribution in [0, 0.1) is 71.0 Å². The number of carbonyl (C=O) groups excluding carboxylic acids is 6. The van der Waals surface area contributed by atoms with Gasteiger partial charge in [0, 0.05) is 91.1 Å². The quantitative estimate of drug-likeness (QED) is 0.0261. The molecule has 14 heteroatoms. The lowest BCUT2D eigenvalue weighted by molar-refractivity contribution is -0.123. The van der Waals surface area contributed by atoms with Gasteiger partial charge in [0.05, 0.1) is 0 Å². The molecule has 3 aliphatic carbocycles. The van der Waals surface area contributed by atoms with Gasteiger partial charge >= 0.3 is 12.1 Å². The molecule has 8 amide bonds. The summed E-state index contributed by atoms with van der Waals surface area (Å²) >= 11 is 0. The van der Waals surface area contributed by atoms with Gasteiger partial charge in [0.2, 0.25) is 23.6 Å². The Labute approximate surface area is 498 Å². The lowest BCUT2D eigenvalue weighted by atomic mass is 9.65. The van der Waals surface area contributed by atoms with Gasteiger partial charge in [-0.25, -0.2) is 9.59 Å². The summed E-state index contributed by atoms with van der Waals surface area (Å²) in [5.74, 6) is 5.34.